The van der Waals surface area contributed by atoms with Crippen molar-refractivity contribution in [3.05, 3.63) is 24.3 Å². The van der Waals surface area contributed by atoms with Crippen molar-refractivity contribution in [2.45, 2.75) is 11.8 Å². The van der Waals surface area contributed by atoms with Crippen LogP contribution in [0.5, 0.6) is 0 Å². The summed E-state index contributed by atoms with van der Waals surface area (Å²) in [6, 6.07) is 6.16. The number of ether oxygens (including phenoxy) is 1. The molecule has 98 valence electrons. The Morgan fingerprint density at radius 3 is 2.56 bits per heavy atom. The van der Waals surface area contributed by atoms with Gasteiger partial charge in [-0.2, -0.15) is 0 Å². The molecule has 0 heterocycles. The Bertz CT molecular complexity index is 578. The molecule has 0 amide bonds. The zero-order chi connectivity index (χ0) is 13.8. The summed E-state index contributed by atoms with van der Waals surface area (Å²) in [4.78, 5) is 13.9. The summed E-state index contributed by atoms with van der Waals surface area (Å²) in [5.41, 5.74) is 5.72. The normalized spacial score (nSPS) is 12.2. The Morgan fingerprint density at radius 2 is 2.00 bits per heavy atom. The summed E-state index contributed by atoms with van der Waals surface area (Å²) in [7, 11) is -3.40. The Kier molecular flexibility index (Phi) is 4.43. The second-order valence-electron chi connectivity index (χ2n) is 3.53. The molecule has 0 fully saturated rings. The molecule has 1 aromatic carbocycles. The molecule has 0 bridgehead atoms. The molecule has 0 unspecified atom stereocenters. The maximum atomic E-state index is 11.5. The Balaban J connectivity index is 3.20. The van der Waals surface area contributed by atoms with Crippen molar-refractivity contribution < 1.29 is 22.9 Å². The zero-order valence-electron chi connectivity index (χ0n) is 10.1. The molecule has 0 saturated carbocycles. The van der Waals surface area contributed by atoms with Crippen molar-refractivity contribution in [1.82, 2.24) is 0 Å². The number of carbonyl (C=O) groups is 1. The number of esters is 1. The van der Waals surface area contributed by atoms with E-state index < -0.39 is 15.8 Å². The minimum atomic E-state index is -3.40. The summed E-state index contributed by atoms with van der Waals surface area (Å²) in [6.45, 7) is 1.84. The Hall–Kier alpha value is -1.89. The van der Waals surface area contributed by atoms with E-state index in [9.17, 15) is 13.2 Å². The van der Waals surface area contributed by atoms with Crippen molar-refractivity contribution >= 4 is 27.3 Å². The molecule has 0 aliphatic heterocycles. The van der Waals surface area contributed by atoms with Crippen LogP contribution in [0.2, 0.25) is 0 Å². The predicted molar refractivity (Wildman–Crippen MR) is 66.0 cm³/mol. The van der Waals surface area contributed by atoms with E-state index >= 15 is 0 Å². The first-order chi connectivity index (χ1) is 8.36. The second-order valence-corrected chi connectivity index (χ2v) is 5.51. The van der Waals surface area contributed by atoms with E-state index in [4.69, 9.17) is 5.73 Å². The highest BCUT2D eigenvalue weighted by atomic mass is 32.2. The fraction of sp³-hybridized carbons (Fsp3) is 0.273. The van der Waals surface area contributed by atoms with Gasteiger partial charge >= 0.3 is 11.8 Å². The summed E-state index contributed by atoms with van der Waals surface area (Å²) in [5.74, 6) is -0.978. The van der Waals surface area contributed by atoms with E-state index in [1.165, 1.54) is 12.1 Å². The first kappa shape index (κ1) is 14.2. The minimum Gasteiger partial charge on any atom is -0.457 e. The van der Waals surface area contributed by atoms with Gasteiger partial charge in [0.05, 0.1) is 6.61 Å². The number of hydrogen-bond donors (Lipinski definition) is 2. The third-order valence-electron chi connectivity index (χ3n) is 2.05. The fourth-order valence-corrected chi connectivity index (χ4v) is 2.14. The maximum absolute atomic E-state index is 11.5. The highest BCUT2D eigenvalue weighted by molar-refractivity contribution is 7.90. The van der Waals surface area contributed by atoms with E-state index in [-0.39, 0.29) is 23.0 Å². The van der Waals surface area contributed by atoms with Crippen LogP contribution < -0.4 is 10.7 Å². The molecule has 0 aromatic heterocycles. The topological polar surface area (TPSA) is 100 Å². The molecule has 0 aliphatic carbocycles. The SMILES string of the molecule is CCOC(=O)C(N)=[NH+]c1ccccc1S(C)(=O)=O. The first-order valence-corrected chi connectivity index (χ1v) is 7.11. The minimum absolute atomic E-state index is 0.0669. The lowest BCUT2D eigenvalue weighted by Crippen LogP contribution is -2.72. The van der Waals surface area contributed by atoms with E-state index in [0.717, 1.165) is 6.26 Å². The van der Waals surface area contributed by atoms with E-state index in [1.807, 2.05) is 0 Å². The number of rotatable bonds is 3. The van der Waals surface area contributed by atoms with Gasteiger partial charge in [0.15, 0.2) is 9.84 Å². The summed E-state index contributed by atoms with van der Waals surface area (Å²) >= 11 is 0. The van der Waals surface area contributed by atoms with Crippen LogP contribution in [0.3, 0.4) is 0 Å². The van der Waals surface area contributed by atoms with Crippen LogP contribution in [0.1, 0.15) is 6.92 Å². The van der Waals surface area contributed by atoms with E-state index in [2.05, 4.69) is 9.73 Å². The van der Waals surface area contributed by atoms with Gasteiger partial charge in [-0.1, -0.05) is 12.1 Å². The molecule has 0 saturated heterocycles. The Morgan fingerprint density at radius 1 is 1.39 bits per heavy atom. The van der Waals surface area contributed by atoms with Crippen LogP contribution in [0.25, 0.3) is 0 Å². The molecule has 18 heavy (non-hydrogen) atoms. The number of para-hydroxylation sites is 1. The third kappa shape index (κ3) is 3.56. The van der Waals surface area contributed by atoms with Gasteiger partial charge in [-0.05, 0) is 19.1 Å². The van der Waals surface area contributed by atoms with Gasteiger partial charge in [0.1, 0.15) is 10.6 Å². The van der Waals surface area contributed by atoms with Gasteiger partial charge in [-0.15, -0.1) is 0 Å². The molecule has 0 aliphatic rings. The van der Waals surface area contributed by atoms with Crippen LogP contribution in [0.4, 0.5) is 5.69 Å². The first-order valence-electron chi connectivity index (χ1n) is 5.22. The molecule has 6 nitrogen and oxygen atoms in total. The number of carbonyl (C=O) groups excluding carboxylic acids is 1. The highest BCUT2D eigenvalue weighted by Gasteiger charge is 2.18. The standard InChI is InChI=1S/C11H14N2O4S/c1-3-17-11(14)10(12)13-8-6-4-5-7-9(8)18(2,15)16/h4-7H,3H2,1-2H3,(H2,12,13)/p+1. The van der Waals surface area contributed by atoms with Gasteiger partial charge in [-0.25, -0.2) is 18.2 Å². The number of nitrogens with two attached hydrogens (primary N) is 1. The van der Waals surface area contributed by atoms with Crippen molar-refractivity contribution in [2.24, 2.45) is 5.73 Å². The van der Waals surface area contributed by atoms with Crippen molar-refractivity contribution in [2.75, 3.05) is 12.9 Å². The summed E-state index contributed by atoms with van der Waals surface area (Å²) in [5, 5.41) is 0. The highest BCUT2D eigenvalue weighted by Crippen LogP contribution is 2.14. The average Bonchev–Trinajstić information content (AvgIpc) is 2.28. The lowest BCUT2D eigenvalue weighted by molar-refractivity contribution is -0.358. The van der Waals surface area contributed by atoms with Gasteiger partial charge in [0, 0.05) is 6.26 Å². The maximum Gasteiger partial charge on any atom is 0.421 e. The number of sulfone groups is 1. The van der Waals surface area contributed by atoms with Crippen LogP contribution in [-0.4, -0.2) is 33.1 Å². The van der Waals surface area contributed by atoms with Crippen LogP contribution in [0.15, 0.2) is 29.2 Å². The van der Waals surface area contributed by atoms with Crippen LogP contribution >= 0.6 is 0 Å². The summed E-state index contributed by atoms with van der Waals surface area (Å²) < 4.78 is 27.7. The monoisotopic (exact) mass is 271 g/mol. The third-order valence-corrected chi connectivity index (χ3v) is 3.21. The molecular weight excluding hydrogens is 256 g/mol. The van der Waals surface area contributed by atoms with Crippen molar-refractivity contribution in [1.29, 1.82) is 0 Å². The number of hydrogen-bond acceptors (Lipinski definition) is 4. The molecule has 0 spiro atoms. The molecule has 7 heteroatoms. The molecular formula is C11H15N2O4S+. The quantitative estimate of drug-likeness (QED) is 0.405. The fourth-order valence-electron chi connectivity index (χ4n) is 1.30. The molecule has 0 atom stereocenters. The molecule has 0 radical (unpaired) electrons. The Labute approximate surface area is 105 Å². The van der Waals surface area contributed by atoms with Crippen molar-refractivity contribution in [3.8, 4) is 0 Å². The number of amidine groups is 1. The zero-order valence-corrected chi connectivity index (χ0v) is 11.0. The van der Waals surface area contributed by atoms with E-state index in [1.54, 1.807) is 19.1 Å². The van der Waals surface area contributed by atoms with Gasteiger partial charge < -0.3 is 4.74 Å². The lowest BCUT2D eigenvalue weighted by atomic mass is 10.3. The summed E-state index contributed by atoms with van der Waals surface area (Å²) in [6.07, 6.45) is 1.08. The van der Waals surface area contributed by atoms with Crippen LogP contribution in [-0.2, 0) is 19.4 Å². The van der Waals surface area contributed by atoms with Gasteiger partial charge in [0.2, 0.25) is 0 Å². The van der Waals surface area contributed by atoms with Gasteiger partial charge in [0.25, 0.3) is 0 Å². The number of benzene rings is 1. The largest absolute Gasteiger partial charge is 0.457 e. The number of nitrogens with one attached hydrogen (secondary N) is 1. The molecule has 1 aromatic rings. The van der Waals surface area contributed by atoms with Crippen molar-refractivity contribution in [3.63, 3.8) is 0 Å². The molecule has 3 N–H and O–H groups in total. The van der Waals surface area contributed by atoms with E-state index in [0.29, 0.717) is 0 Å². The average molecular weight is 271 g/mol. The molecule has 1 rings (SSSR count). The lowest BCUT2D eigenvalue weighted by Gasteiger charge is -2.01. The smallest absolute Gasteiger partial charge is 0.421 e. The predicted octanol–water partition coefficient (Wildman–Crippen LogP) is -1.28. The van der Waals surface area contributed by atoms with Gasteiger partial charge in [-0.3, -0.25) is 5.73 Å². The second kappa shape index (κ2) is 5.63. The van der Waals surface area contributed by atoms with Crippen LogP contribution in [0, 0.1) is 0 Å².